The Morgan fingerprint density at radius 2 is 1.79 bits per heavy atom. The molecule has 0 spiro atoms. The van der Waals surface area contributed by atoms with Crippen molar-refractivity contribution in [2.75, 3.05) is 5.75 Å². The largest absolute Gasteiger partial charge is 0.545 e. The number of aromatic carboxylic acids is 1. The normalized spacial score (nSPS) is 11.2. The van der Waals surface area contributed by atoms with Crippen molar-refractivity contribution in [3.8, 4) is 0 Å². The third-order valence-corrected chi connectivity index (χ3v) is 6.08. The van der Waals surface area contributed by atoms with Crippen LogP contribution in [-0.2, 0) is 11.3 Å². The molecule has 0 fully saturated rings. The number of hydrogen-bond donors (Lipinski definition) is 2. The summed E-state index contributed by atoms with van der Waals surface area (Å²) < 4.78 is 2.12. The minimum atomic E-state index is -1.24. The monoisotopic (exact) mass is 478 g/mol. The topological polar surface area (TPSA) is 101 Å². The number of benzene rings is 3. The molecule has 0 saturated carbocycles. The summed E-state index contributed by atoms with van der Waals surface area (Å²) >= 11 is 7.38. The molecule has 0 unspecified atom stereocenters. The first-order valence-electron chi connectivity index (χ1n) is 10.0. The van der Waals surface area contributed by atoms with Crippen LogP contribution in [0.1, 0.15) is 21.5 Å². The van der Waals surface area contributed by atoms with Gasteiger partial charge in [-0.15, -0.1) is 0 Å². The summed E-state index contributed by atoms with van der Waals surface area (Å²) in [5.74, 6) is -1.34. The van der Waals surface area contributed by atoms with E-state index < -0.39 is 5.97 Å². The number of hydrogen-bond acceptors (Lipinski definition) is 5. The number of fused-ring (bicyclic) bond motifs is 1. The van der Waals surface area contributed by atoms with Crippen LogP contribution in [0.2, 0.25) is 5.02 Å². The highest BCUT2D eigenvalue weighted by molar-refractivity contribution is 7.99. The molecule has 1 amide bonds. The first-order chi connectivity index (χ1) is 16.0. The fraction of sp³-hybridized carbons (Fsp3) is 0.0833. The molecule has 4 aromatic rings. The van der Waals surface area contributed by atoms with Crippen molar-refractivity contribution >= 4 is 52.5 Å². The number of nitrogens with zero attached hydrogens (tertiary/aromatic N) is 2. The van der Waals surface area contributed by atoms with E-state index in [4.69, 9.17) is 11.6 Å². The lowest BCUT2D eigenvalue weighted by molar-refractivity contribution is -0.700. The van der Waals surface area contributed by atoms with E-state index >= 15 is 0 Å². The van der Waals surface area contributed by atoms with Crippen molar-refractivity contribution in [1.29, 1.82) is 0 Å². The van der Waals surface area contributed by atoms with Gasteiger partial charge in [-0.3, -0.25) is 4.79 Å². The Hall–Kier alpha value is -3.62. The van der Waals surface area contributed by atoms with Crippen LogP contribution in [-0.4, -0.2) is 28.8 Å². The third-order valence-electron chi connectivity index (χ3n) is 4.82. The zero-order chi connectivity index (χ0) is 23.2. The van der Waals surface area contributed by atoms with E-state index in [0.29, 0.717) is 17.1 Å². The maximum Gasteiger partial charge on any atom is 0.317 e. The van der Waals surface area contributed by atoms with Crippen LogP contribution in [0.25, 0.3) is 11.0 Å². The van der Waals surface area contributed by atoms with Crippen molar-refractivity contribution in [3.05, 3.63) is 94.5 Å². The number of hydrazone groups is 1. The van der Waals surface area contributed by atoms with E-state index in [1.807, 2.05) is 48.5 Å². The average Bonchev–Trinajstić information content (AvgIpc) is 3.17. The van der Waals surface area contributed by atoms with Gasteiger partial charge in [0.2, 0.25) is 0 Å². The number of carbonyl (C=O) groups is 2. The number of nitrogens with one attached hydrogen (secondary N) is 2. The summed E-state index contributed by atoms with van der Waals surface area (Å²) in [5.41, 5.74) is 6.34. The number of para-hydroxylation sites is 2. The second-order valence-corrected chi connectivity index (χ2v) is 8.55. The van der Waals surface area contributed by atoms with Gasteiger partial charge in [0.25, 0.3) is 5.91 Å². The number of rotatable bonds is 8. The first-order valence-corrected chi connectivity index (χ1v) is 11.4. The molecule has 0 saturated heterocycles. The molecule has 2 N–H and O–H groups in total. The van der Waals surface area contributed by atoms with Crippen LogP contribution in [0.4, 0.5) is 0 Å². The quantitative estimate of drug-likeness (QED) is 0.176. The standard InChI is InChI=1S/C24H19ClN4O3S/c25-19-11-7-17(8-12-19)14-29-21-4-2-1-3-20(21)27-24(29)33-15-22(30)28-26-13-16-5-9-18(10-6-16)23(31)32/h1-13H,14-15H2,(H2,28,30,31,32). The van der Waals surface area contributed by atoms with Gasteiger partial charge in [0.15, 0.2) is 11.0 Å². The van der Waals surface area contributed by atoms with Gasteiger partial charge in [0, 0.05) is 5.02 Å². The highest BCUT2D eigenvalue weighted by atomic mass is 35.5. The maximum atomic E-state index is 12.3. The van der Waals surface area contributed by atoms with Gasteiger partial charge in [-0.1, -0.05) is 60.1 Å². The number of aromatic amines is 1. The van der Waals surface area contributed by atoms with E-state index in [2.05, 4.69) is 20.1 Å². The van der Waals surface area contributed by atoms with Crippen LogP contribution in [0.15, 0.2) is 83.1 Å². The number of aromatic nitrogens is 2. The minimum absolute atomic E-state index is 0.0813. The van der Waals surface area contributed by atoms with Crippen LogP contribution in [0.3, 0.4) is 0 Å². The number of H-pyrrole nitrogens is 1. The SMILES string of the molecule is O=C(CSc1[nH]c2ccccc2[n+]1Cc1ccc(Cl)cc1)NN=Cc1ccc(C(=O)[O-])cc1. The molecule has 0 radical (unpaired) electrons. The fourth-order valence-electron chi connectivity index (χ4n) is 3.20. The molecule has 1 aromatic heterocycles. The van der Waals surface area contributed by atoms with E-state index in [9.17, 15) is 14.7 Å². The molecule has 3 aromatic carbocycles. The van der Waals surface area contributed by atoms with Gasteiger partial charge in [0.1, 0.15) is 6.54 Å². The van der Waals surface area contributed by atoms with Crippen LogP contribution < -0.4 is 15.1 Å². The summed E-state index contributed by atoms with van der Waals surface area (Å²) in [6.07, 6.45) is 1.45. The Morgan fingerprint density at radius 3 is 2.52 bits per heavy atom. The van der Waals surface area contributed by atoms with Crippen molar-refractivity contribution in [1.82, 2.24) is 10.4 Å². The highest BCUT2D eigenvalue weighted by Gasteiger charge is 2.20. The third kappa shape index (κ3) is 5.79. The van der Waals surface area contributed by atoms with Gasteiger partial charge >= 0.3 is 5.16 Å². The number of thioether (sulfide) groups is 1. The van der Waals surface area contributed by atoms with E-state index in [0.717, 1.165) is 21.8 Å². The maximum absolute atomic E-state index is 12.3. The molecule has 7 nitrogen and oxygen atoms in total. The van der Waals surface area contributed by atoms with E-state index in [-0.39, 0.29) is 17.2 Å². The minimum Gasteiger partial charge on any atom is -0.545 e. The fourth-order valence-corrected chi connectivity index (χ4v) is 4.16. The van der Waals surface area contributed by atoms with Crippen LogP contribution >= 0.6 is 23.4 Å². The molecule has 33 heavy (non-hydrogen) atoms. The Balaban J connectivity index is 1.41. The van der Waals surface area contributed by atoms with Crippen molar-refractivity contribution in [3.63, 3.8) is 0 Å². The van der Waals surface area contributed by atoms with E-state index in [1.54, 1.807) is 12.1 Å². The molecular formula is C24H19ClN4O3S. The molecule has 4 rings (SSSR count). The molecule has 0 bridgehead atoms. The van der Waals surface area contributed by atoms with Gasteiger partial charge in [-0.2, -0.15) is 5.10 Å². The zero-order valence-electron chi connectivity index (χ0n) is 17.3. The molecule has 0 aliphatic rings. The Kier molecular flexibility index (Phi) is 7.07. The van der Waals surface area contributed by atoms with Crippen molar-refractivity contribution in [2.24, 2.45) is 5.10 Å². The van der Waals surface area contributed by atoms with Gasteiger partial charge < -0.3 is 9.90 Å². The number of carbonyl (C=O) groups excluding carboxylic acids is 2. The summed E-state index contributed by atoms with van der Waals surface area (Å²) in [4.78, 5) is 26.5. The summed E-state index contributed by atoms with van der Waals surface area (Å²) in [6.45, 7) is 0.630. The lowest BCUT2D eigenvalue weighted by atomic mass is 10.1. The number of carboxylic acids is 1. The Bertz CT molecular complexity index is 1320. The molecule has 0 aliphatic carbocycles. The van der Waals surface area contributed by atoms with Crippen molar-refractivity contribution in [2.45, 2.75) is 11.7 Å². The second-order valence-electron chi connectivity index (χ2n) is 7.15. The molecule has 1 heterocycles. The molecule has 166 valence electrons. The second kappa shape index (κ2) is 10.3. The smallest absolute Gasteiger partial charge is 0.317 e. The number of halogens is 1. The van der Waals surface area contributed by atoms with Gasteiger partial charge in [-0.25, -0.2) is 15.0 Å². The van der Waals surface area contributed by atoms with E-state index in [1.165, 1.54) is 30.1 Å². The number of imidazole rings is 1. The van der Waals surface area contributed by atoms with Gasteiger partial charge in [-0.05, 0) is 52.7 Å². The summed E-state index contributed by atoms with van der Waals surface area (Å²) in [7, 11) is 0. The van der Waals surface area contributed by atoms with Crippen LogP contribution in [0, 0.1) is 0 Å². The number of carboxylic acid groups (broad SMARTS) is 1. The molecule has 9 heteroatoms. The summed E-state index contributed by atoms with van der Waals surface area (Å²) in [6, 6.07) is 21.6. The number of amides is 1. The molecule has 0 atom stereocenters. The Morgan fingerprint density at radius 1 is 1.06 bits per heavy atom. The van der Waals surface area contributed by atoms with Crippen molar-refractivity contribution < 1.29 is 19.3 Å². The van der Waals surface area contributed by atoms with Gasteiger partial charge in [0.05, 0.1) is 17.9 Å². The molecular weight excluding hydrogens is 460 g/mol. The average molecular weight is 479 g/mol. The Labute approximate surface area is 199 Å². The molecule has 0 aliphatic heterocycles. The lowest BCUT2D eigenvalue weighted by Crippen LogP contribution is -2.36. The highest BCUT2D eigenvalue weighted by Crippen LogP contribution is 2.19. The predicted octanol–water partition coefficient (Wildman–Crippen LogP) is 2.76. The zero-order valence-corrected chi connectivity index (χ0v) is 18.9. The first kappa shape index (κ1) is 22.6. The predicted molar refractivity (Wildman–Crippen MR) is 126 cm³/mol. The lowest BCUT2D eigenvalue weighted by Gasteiger charge is -2.03. The summed E-state index contributed by atoms with van der Waals surface area (Å²) in [5, 5.41) is 16.3. The van der Waals surface area contributed by atoms with Crippen LogP contribution in [0.5, 0.6) is 0 Å².